The molecule has 0 bridgehead atoms. The van der Waals surface area contributed by atoms with Crippen LogP contribution < -0.4 is 15.0 Å². The number of nitrogens with zero attached hydrogens (tertiary/aromatic N) is 1. The van der Waals surface area contributed by atoms with E-state index in [2.05, 4.69) is 5.32 Å². The van der Waals surface area contributed by atoms with Crippen molar-refractivity contribution in [2.45, 2.75) is 19.4 Å². The molecule has 0 fully saturated rings. The maximum atomic E-state index is 12.7. The van der Waals surface area contributed by atoms with Crippen LogP contribution in [0.3, 0.4) is 0 Å². The molecule has 29 heavy (non-hydrogen) atoms. The van der Waals surface area contributed by atoms with Crippen molar-refractivity contribution < 1.29 is 14.3 Å². The summed E-state index contributed by atoms with van der Waals surface area (Å²) in [4.78, 5) is 26.6. The second-order valence-electron chi connectivity index (χ2n) is 7.37. The van der Waals surface area contributed by atoms with E-state index in [1.165, 1.54) is 0 Å². The quantitative estimate of drug-likeness (QED) is 0.724. The van der Waals surface area contributed by atoms with Gasteiger partial charge >= 0.3 is 0 Å². The standard InChI is InChI=1S/C24H20N2O3/c27-22-14-18-13-19(12-17-10-11-26(22)23(17)18)24(28)25-20-6-8-21(9-7-20)29-15-16-4-2-1-3-5-16/h1-9,12-13H,10-11,14-15H2,(H,25,28). The molecule has 3 aromatic rings. The molecule has 5 nitrogen and oxygen atoms in total. The van der Waals surface area contributed by atoms with Crippen molar-refractivity contribution in [1.29, 1.82) is 0 Å². The number of carbonyl (C=O) groups excluding carboxylic acids is 2. The molecule has 5 heteroatoms. The lowest BCUT2D eigenvalue weighted by atomic mass is 10.0. The molecule has 0 radical (unpaired) electrons. The second kappa shape index (κ2) is 7.09. The van der Waals surface area contributed by atoms with Crippen LogP contribution in [-0.2, 0) is 24.2 Å². The lowest BCUT2D eigenvalue weighted by Crippen LogP contribution is -2.24. The molecule has 0 saturated heterocycles. The first-order valence-corrected chi connectivity index (χ1v) is 9.72. The van der Waals surface area contributed by atoms with Crippen molar-refractivity contribution in [1.82, 2.24) is 0 Å². The lowest BCUT2D eigenvalue weighted by Gasteiger charge is -2.11. The average molecular weight is 384 g/mol. The maximum Gasteiger partial charge on any atom is 0.255 e. The van der Waals surface area contributed by atoms with Crippen molar-refractivity contribution in [3.63, 3.8) is 0 Å². The topological polar surface area (TPSA) is 58.6 Å². The van der Waals surface area contributed by atoms with Gasteiger partial charge in [-0.2, -0.15) is 0 Å². The molecule has 2 heterocycles. The number of ether oxygens (including phenoxy) is 1. The normalized spacial score (nSPS) is 14.1. The zero-order chi connectivity index (χ0) is 19.8. The lowest BCUT2D eigenvalue weighted by molar-refractivity contribution is -0.117. The van der Waals surface area contributed by atoms with Crippen LogP contribution in [0.4, 0.5) is 11.4 Å². The summed E-state index contributed by atoms with van der Waals surface area (Å²) < 4.78 is 5.78. The van der Waals surface area contributed by atoms with E-state index in [0.29, 0.717) is 24.3 Å². The van der Waals surface area contributed by atoms with Crippen molar-refractivity contribution in [3.8, 4) is 5.75 Å². The highest BCUT2D eigenvalue weighted by Crippen LogP contribution is 2.38. The molecule has 0 unspecified atom stereocenters. The van der Waals surface area contributed by atoms with Crippen molar-refractivity contribution in [2.75, 3.05) is 16.8 Å². The Labute approximate surface area is 168 Å². The van der Waals surface area contributed by atoms with Gasteiger partial charge in [0, 0.05) is 17.8 Å². The van der Waals surface area contributed by atoms with Crippen molar-refractivity contribution >= 4 is 23.2 Å². The van der Waals surface area contributed by atoms with Crippen LogP contribution in [0.1, 0.15) is 27.0 Å². The first-order valence-electron chi connectivity index (χ1n) is 9.72. The predicted molar refractivity (Wildman–Crippen MR) is 111 cm³/mol. The van der Waals surface area contributed by atoms with Gasteiger partial charge in [0.2, 0.25) is 5.91 Å². The molecule has 0 aromatic heterocycles. The molecule has 0 spiro atoms. The Morgan fingerprint density at radius 1 is 1.00 bits per heavy atom. The molecule has 2 aliphatic rings. The maximum absolute atomic E-state index is 12.7. The monoisotopic (exact) mass is 384 g/mol. The summed E-state index contributed by atoms with van der Waals surface area (Å²) in [6, 6.07) is 21.1. The first-order chi connectivity index (χ1) is 14.2. The van der Waals surface area contributed by atoms with Crippen LogP contribution in [0, 0.1) is 0 Å². The third kappa shape index (κ3) is 3.36. The van der Waals surface area contributed by atoms with E-state index >= 15 is 0 Å². The Kier molecular flexibility index (Phi) is 4.28. The number of hydrogen-bond acceptors (Lipinski definition) is 3. The third-order valence-corrected chi connectivity index (χ3v) is 5.41. The third-order valence-electron chi connectivity index (χ3n) is 5.41. The van der Waals surface area contributed by atoms with Crippen LogP contribution in [0.15, 0.2) is 66.7 Å². The SMILES string of the molecule is O=C(Nc1ccc(OCc2ccccc2)cc1)c1cc2c3c(c1)CC(=O)N3CC2. The Bertz CT molecular complexity index is 1090. The van der Waals surface area contributed by atoms with Crippen LogP contribution in [0.2, 0.25) is 0 Å². The zero-order valence-electron chi connectivity index (χ0n) is 15.9. The summed E-state index contributed by atoms with van der Waals surface area (Å²) in [5, 5.41) is 2.93. The van der Waals surface area contributed by atoms with Crippen molar-refractivity contribution in [3.05, 3.63) is 89.0 Å². The Hall–Kier alpha value is -3.60. The predicted octanol–water partition coefficient (Wildman–Crippen LogP) is 3.96. The van der Waals surface area contributed by atoms with E-state index in [4.69, 9.17) is 4.74 Å². The Morgan fingerprint density at radius 2 is 1.76 bits per heavy atom. The van der Waals surface area contributed by atoms with E-state index in [9.17, 15) is 9.59 Å². The first kappa shape index (κ1) is 17.5. The second-order valence-corrected chi connectivity index (χ2v) is 7.37. The molecular weight excluding hydrogens is 364 g/mol. The molecule has 0 aliphatic carbocycles. The fourth-order valence-electron chi connectivity index (χ4n) is 3.99. The number of amides is 2. The minimum absolute atomic E-state index is 0.127. The minimum Gasteiger partial charge on any atom is -0.489 e. The zero-order valence-corrected chi connectivity index (χ0v) is 15.9. The van der Waals surface area contributed by atoms with Gasteiger partial charge in [-0.15, -0.1) is 0 Å². The molecular formula is C24H20N2O3. The summed E-state index contributed by atoms with van der Waals surface area (Å²) in [6.45, 7) is 1.22. The van der Waals surface area contributed by atoms with E-state index < -0.39 is 0 Å². The van der Waals surface area contributed by atoms with Crippen LogP contribution in [0.5, 0.6) is 5.75 Å². The highest BCUT2D eigenvalue weighted by Gasteiger charge is 2.34. The number of nitrogens with one attached hydrogen (secondary N) is 1. The summed E-state index contributed by atoms with van der Waals surface area (Å²) >= 11 is 0. The number of rotatable bonds is 5. The highest BCUT2D eigenvalue weighted by molar-refractivity contribution is 6.08. The molecule has 2 aliphatic heterocycles. The molecule has 144 valence electrons. The number of hydrogen-bond donors (Lipinski definition) is 1. The summed E-state index contributed by atoms with van der Waals surface area (Å²) in [7, 11) is 0. The van der Waals surface area contributed by atoms with E-state index in [0.717, 1.165) is 41.1 Å². The summed E-state index contributed by atoms with van der Waals surface area (Å²) in [6.07, 6.45) is 1.19. The van der Waals surface area contributed by atoms with Gasteiger partial charge in [-0.25, -0.2) is 0 Å². The van der Waals surface area contributed by atoms with Gasteiger partial charge in [0.25, 0.3) is 5.91 Å². The van der Waals surface area contributed by atoms with Gasteiger partial charge in [-0.1, -0.05) is 30.3 Å². The highest BCUT2D eigenvalue weighted by atomic mass is 16.5. The van der Waals surface area contributed by atoms with Crippen LogP contribution in [-0.4, -0.2) is 18.4 Å². The van der Waals surface area contributed by atoms with Crippen LogP contribution >= 0.6 is 0 Å². The molecule has 1 N–H and O–H groups in total. The number of anilines is 2. The fourth-order valence-corrected chi connectivity index (χ4v) is 3.99. The van der Waals surface area contributed by atoms with Gasteiger partial charge in [0.15, 0.2) is 0 Å². The van der Waals surface area contributed by atoms with Gasteiger partial charge in [-0.3, -0.25) is 9.59 Å². The van der Waals surface area contributed by atoms with Gasteiger partial charge < -0.3 is 15.0 Å². The summed E-state index contributed by atoms with van der Waals surface area (Å²) in [5.41, 5.74) is 5.47. The Morgan fingerprint density at radius 3 is 2.55 bits per heavy atom. The molecule has 3 aromatic carbocycles. The average Bonchev–Trinajstić information content (AvgIpc) is 3.32. The molecule has 0 atom stereocenters. The molecule has 5 rings (SSSR count). The smallest absolute Gasteiger partial charge is 0.255 e. The largest absolute Gasteiger partial charge is 0.489 e. The van der Waals surface area contributed by atoms with Crippen LogP contribution in [0.25, 0.3) is 0 Å². The van der Waals surface area contributed by atoms with Crippen molar-refractivity contribution in [2.24, 2.45) is 0 Å². The minimum atomic E-state index is -0.167. The number of benzene rings is 3. The molecule has 0 saturated carbocycles. The Balaban J connectivity index is 1.26. The fraction of sp³-hybridized carbons (Fsp3) is 0.167. The van der Waals surface area contributed by atoms with Gasteiger partial charge in [0.05, 0.1) is 12.1 Å². The summed E-state index contributed by atoms with van der Waals surface area (Å²) in [5.74, 6) is 0.707. The van der Waals surface area contributed by atoms with Gasteiger partial charge in [0.1, 0.15) is 12.4 Å². The number of carbonyl (C=O) groups is 2. The van der Waals surface area contributed by atoms with E-state index in [1.807, 2.05) is 71.6 Å². The van der Waals surface area contributed by atoms with E-state index in [-0.39, 0.29) is 11.8 Å². The molecule has 2 amide bonds. The van der Waals surface area contributed by atoms with E-state index in [1.54, 1.807) is 0 Å². The van der Waals surface area contributed by atoms with Gasteiger partial charge in [-0.05, 0) is 59.5 Å².